The number of alkyl carbamates (subject to hydrolysis) is 1. The van der Waals surface area contributed by atoms with Gasteiger partial charge in [-0.2, -0.15) is 0 Å². The summed E-state index contributed by atoms with van der Waals surface area (Å²) in [6.45, 7) is 11.3. The first-order valence-corrected chi connectivity index (χ1v) is 8.50. The zero-order valence-corrected chi connectivity index (χ0v) is 15.3. The summed E-state index contributed by atoms with van der Waals surface area (Å²) in [5.41, 5.74) is -0.446. The first kappa shape index (κ1) is 21.2. The summed E-state index contributed by atoms with van der Waals surface area (Å²) in [6.07, 6.45) is 5.18. The minimum Gasteiger partial charge on any atom is -0.444 e. The predicted molar refractivity (Wildman–Crippen MR) is 91.3 cm³/mol. The topological polar surface area (TPSA) is 59.6 Å². The summed E-state index contributed by atoms with van der Waals surface area (Å²) < 4.78 is 10.5. The van der Waals surface area contributed by atoms with Gasteiger partial charge in [0.15, 0.2) is 0 Å². The molecule has 5 nitrogen and oxygen atoms in total. The van der Waals surface area contributed by atoms with E-state index in [2.05, 4.69) is 24.5 Å². The van der Waals surface area contributed by atoms with E-state index in [-0.39, 0.29) is 6.09 Å². The minimum atomic E-state index is -0.446. The van der Waals surface area contributed by atoms with Gasteiger partial charge in [-0.1, -0.05) is 19.8 Å². The van der Waals surface area contributed by atoms with Crippen molar-refractivity contribution in [3.63, 3.8) is 0 Å². The third-order valence-corrected chi connectivity index (χ3v) is 3.28. The Morgan fingerprint density at radius 1 is 1.18 bits per heavy atom. The van der Waals surface area contributed by atoms with Crippen molar-refractivity contribution < 1.29 is 14.3 Å². The summed E-state index contributed by atoms with van der Waals surface area (Å²) in [5, 5.41) is 6.40. The maximum absolute atomic E-state index is 11.6. The maximum atomic E-state index is 11.6. The van der Waals surface area contributed by atoms with Crippen LogP contribution in [0, 0.1) is 0 Å². The lowest BCUT2D eigenvalue weighted by Gasteiger charge is -2.23. The van der Waals surface area contributed by atoms with Gasteiger partial charge in [0.1, 0.15) is 5.60 Å². The van der Waals surface area contributed by atoms with E-state index in [0.29, 0.717) is 25.2 Å². The monoisotopic (exact) mass is 316 g/mol. The molecule has 0 bridgehead atoms. The van der Waals surface area contributed by atoms with Crippen LogP contribution in [0.3, 0.4) is 0 Å². The van der Waals surface area contributed by atoms with Gasteiger partial charge in [0.2, 0.25) is 0 Å². The Kier molecular flexibility index (Phi) is 11.3. The molecule has 1 amide bonds. The maximum Gasteiger partial charge on any atom is 0.407 e. The third-order valence-electron chi connectivity index (χ3n) is 3.28. The van der Waals surface area contributed by atoms with Crippen molar-refractivity contribution in [2.45, 2.75) is 84.4 Å². The Hall–Kier alpha value is -0.810. The number of methoxy groups -OCH3 is 1. The van der Waals surface area contributed by atoms with Crippen LogP contribution in [0.5, 0.6) is 0 Å². The Morgan fingerprint density at radius 2 is 1.86 bits per heavy atom. The largest absolute Gasteiger partial charge is 0.444 e. The smallest absolute Gasteiger partial charge is 0.407 e. The van der Waals surface area contributed by atoms with Crippen molar-refractivity contribution >= 4 is 6.09 Å². The number of rotatable bonds is 11. The number of hydrogen-bond acceptors (Lipinski definition) is 4. The first-order valence-electron chi connectivity index (χ1n) is 8.50. The van der Waals surface area contributed by atoms with Crippen LogP contribution < -0.4 is 10.6 Å². The molecule has 132 valence electrons. The van der Waals surface area contributed by atoms with Gasteiger partial charge in [0.25, 0.3) is 0 Å². The van der Waals surface area contributed by atoms with Gasteiger partial charge in [-0.05, 0) is 47.0 Å². The van der Waals surface area contributed by atoms with Gasteiger partial charge in [0, 0.05) is 25.7 Å². The standard InChI is InChI=1S/C17H36N2O3/c1-7-8-10-14(2)19-15(13-21-6)11-9-12-18-16(20)22-17(3,4)5/h14-15,19H,7-13H2,1-6H3,(H,18,20). The molecule has 5 heteroatoms. The Bertz CT molecular complexity index is 290. The van der Waals surface area contributed by atoms with E-state index >= 15 is 0 Å². The van der Waals surface area contributed by atoms with E-state index in [4.69, 9.17) is 9.47 Å². The zero-order chi connectivity index (χ0) is 17.0. The molecule has 2 unspecified atom stereocenters. The van der Waals surface area contributed by atoms with E-state index in [1.54, 1.807) is 7.11 Å². The Balaban J connectivity index is 3.92. The molecule has 22 heavy (non-hydrogen) atoms. The number of carbonyl (C=O) groups excluding carboxylic acids is 1. The molecule has 0 aromatic rings. The van der Waals surface area contributed by atoms with Crippen LogP contribution in [-0.2, 0) is 9.47 Å². The van der Waals surface area contributed by atoms with Gasteiger partial charge in [-0.25, -0.2) is 4.79 Å². The summed E-state index contributed by atoms with van der Waals surface area (Å²) >= 11 is 0. The molecule has 0 aromatic heterocycles. The highest BCUT2D eigenvalue weighted by Crippen LogP contribution is 2.07. The second kappa shape index (κ2) is 11.7. The molecule has 0 heterocycles. The lowest BCUT2D eigenvalue weighted by molar-refractivity contribution is 0.0526. The number of hydrogen-bond donors (Lipinski definition) is 2. The van der Waals surface area contributed by atoms with Crippen LogP contribution >= 0.6 is 0 Å². The molecular formula is C17H36N2O3. The van der Waals surface area contributed by atoms with Crippen molar-refractivity contribution in [3.8, 4) is 0 Å². The van der Waals surface area contributed by atoms with E-state index in [0.717, 1.165) is 12.8 Å². The van der Waals surface area contributed by atoms with Gasteiger partial charge < -0.3 is 20.1 Å². The molecule has 0 aromatic carbocycles. The third kappa shape index (κ3) is 12.9. The fourth-order valence-electron chi connectivity index (χ4n) is 2.27. The van der Waals surface area contributed by atoms with Crippen LogP contribution in [0.15, 0.2) is 0 Å². The molecule has 0 fully saturated rings. The molecule has 0 saturated heterocycles. The Labute approximate surface area is 136 Å². The molecule has 0 aliphatic carbocycles. The predicted octanol–water partition coefficient (Wildman–Crippen LogP) is 3.47. The first-order chi connectivity index (χ1) is 10.3. The van der Waals surface area contributed by atoms with Crippen LogP contribution in [0.1, 0.15) is 66.7 Å². The van der Waals surface area contributed by atoms with Crippen molar-refractivity contribution in [1.82, 2.24) is 10.6 Å². The summed E-state index contributed by atoms with van der Waals surface area (Å²) in [5.74, 6) is 0. The lowest BCUT2D eigenvalue weighted by Crippen LogP contribution is -2.40. The number of amides is 1. The second-order valence-corrected chi connectivity index (χ2v) is 6.93. The molecule has 0 saturated carbocycles. The molecule has 0 aliphatic heterocycles. The summed E-state index contributed by atoms with van der Waals surface area (Å²) in [6, 6.07) is 0.830. The number of nitrogens with one attached hydrogen (secondary N) is 2. The quantitative estimate of drug-likeness (QED) is 0.573. The molecule has 2 atom stereocenters. The van der Waals surface area contributed by atoms with E-state index < -0.39 is 5.60 Å². The molecule has 0 spiro atoms. The van der Waals surface area contributed by atoms with E-state index in [1.807, 2.05) is 20.8 Å². The van der Waals surface area contributed by atoms with E-state index in [9.17, 15) is 4.79 Å². The summed E-state index contributed by atoms with van der Waals surface area (Å²) in [4.78, 5) is 11.6. The number of carbonyl (C=O) groups is 1. The van der Waals surface area contributed by atoms with Crippen LogP contribution in [0.2, 0.25) is 0 Å². The molecule has 0 radical (unpaired) electrons. The van der Waals surface area contributed by atoms with Gasteiger partial charge in [0.05, 0.1) is 6.61 Å². The second-order valence-electron chi connectivity index (χ2n) is 6.93. The van der Waals surface area contributed by atoms with Crippen LogP contribution in [0.25, 0.3) is 0 Å². The van der Waals surface area contributed by atoms with Gasteiger partial charge in [-0.15, -0.1) is 0 Å². The normalized spacial score (nSPS) is 14.5. The lowest BCUT2D eigenvalue weighted by atomic mass is 10.1. The summed E-state index contributed by atoms with van der Waals surface area (Å²) in [7, 11) is 1.73. The van der Waals surface area contributed by atoms with Crippen molar-refractivity contribution in [2.24, 2.45) is 0 Å². The highest BCUT2D eigenvalue weighted by atomic mass is 16.6. The molecular weight excluding hydrogens is 280 g/mol. The molecule has 0 rings (SSSR count). The highest BCUT2D eigenvalue weighted by molar-refractivity contribution is 5.67. The van der Waals surface area contributed by atoms with Crippen molar-refractivity contribution in [3.05, 3.63) is 0 Å². The molecule has 0 aliphatic rings. The highest BCUT2D eigenvalue weighted by Gasteiger charge is 2.16. The van der Waals surface area contributed by atoms with Gasteiger partial charge in [-0.3, -0.25) is 0 Å². The average molecular weight is 316 g/mol. The van der Waals surface area contributed by atoms with E-state index in [1.165, 1.54) is 19.3 Å². The average Bonchev–Trinajstić information content (AvgIpc) is 2.39. The Morgan fingerprint density at radius 3 is 2.41 bits per heavy atom. The zero-order valence-electron chi connectivity index (χ0n) is 15.3. The SMILES string of the molecule is CCCCC(C)NC(CCCNC(=O)OC(C)(C)C)COC. The minimum absolute atomic E-state index is 0.331. The van der Waals surface area contributed by atoms with Crippen molar-refractivity contribution in [1.29, 1.82) is 0 Å². The van der Waals surface area contributed by atoms with Crippen LogP contribution in [-0.4, -0.2) is 44.0 Å². The number of ether oxygens (including phenoxy) is 2. The molecule has 2 N–H and O–H groups in total. The number of unbranched alkanes of at least 4 members (excludes halogenated alkanes) is 1. The fourth-order valence-corrected chi connectivity index (χ4v) is 2.27. The van der Waals surface area contributed by atoms with Crippen LogP contribution in [0.4, 0.5) is 4.79 Å². The fraction of sp³-hybridized carbons (Fsp3) is 0.941. The van der Waals surface area contributed by atoms with Crippen molar-refractivity contribution in [2.75, 3.05) is 20.3 Å². The van der Waals surface area contributed by atoms with Gasteiger partial charge >= 0.3 is 6.09 Å².